The Bertz CT molecular complexity index is 1300. The molecular formula is C26H21Cl2FN2O3. The maximum atomic E-state index is 14.1. The van der Waals surface area contributed by atoms with Crippen LogP contribution in [-0.4, -0.2) is 42.0 Å². The van der Waals surface area contributed by atoms with Gasteiger partial charge in [-0.05, 0) is 48.0 Å². The summed E-state index contributed by atoms with van der Waals surface area (Å²) >= 11 is 12.2. The monoisotopic (exact) mass is 498 g/mol. The van der Waals surface area contributed by atoms with Crippen molar-refractivity contribution in [3.8, 4) is 11.5 Å². The molecule has 0 saturated carbocycles. The lowest BCUT2D eigenvalue weighted by atomic mass is 10.0. The van der Waals surface area contributed by atoms with Crippen LogP contribution >= 0.6 is 23.2 Å². The normalized spacial score (nSPS) is 17.2. The van der Waals surface area contributed by atoms with Crippen LogP contribution in [0.4, 0.5) is 10.1 Å². The summed E-state index contributed by atoms with van der Waals surface area (Å²) < 4.78 is 20.1. The number of ketones is 1. The molecule has 0 radical (unpaired) electrons. The first-order chi connectivity index (χ1) is 16.4. The second kappa shape index (κ2) is 9.29. The van der Waals surface area contributed by atoms with Gasteiger partial charge in [-0.2, -0.15) is 0 Å². The number of carbonyl (C=O) groups excluding carboxylic acids is 1. The molecule has 0 aromatic heterocycles. The zero-order valence-corrected chi connectivity index (χ0v) is 19.6. The lowest BCUT2D eigenvalue weighted by Gasteiger charge is -2.36. The van der Waals surface area contributed by atoms with Gasteiger partial charge in [0.05, 0.1) is 16.8 Å². The van der Waals surface area contributed by atoms with E-state index in [1.807, 2.05) is 11.0 Å². The average molecular weight is 499 g/mol. The van der Waals surface area contributed by atoms with Crippen molar-refractivity contribution in [2.75, 3.05) is 31.1 Å². The van der Waals surface area contributed by atoms with Crippen molar-refractivity contribution < 1.29 is 19.0 Å². The molecule has 34 heavy (non-hydrogen) atoms. The van der Waals surface area contributed by atoms with E-state index < -0.39 is 0 Å². The number of phenols is 1. The Morgan fingerprint density at radius 1 is 1.03 bits per heavy atom. The molecule has 1 saturated heterocycles. The molecule has 174 valence electrons. The lowest BCUT2D eigenvalue weighted by molar-refractivity contribution is 0.101. The van der Waals surface area contributed by atoms with Crippen molar-refractivity contribution in [1.29, 1.82) is 0 Å². The fourth-order valence-electron chi connectivity index (χ4n) is 4.29. The van der Waals surface area contributed by atoms with Crippen LogP contribution in [0.15, 0.2) is 60.4 Å². The molecule has 2 aliphatic rings. The van der Waals surface area contributed by atoms with E-state index in [2.05, 4.69) is 4.90 Å². The molecular weight excluding hydrogens is 478 g/mol. The van der Waals surface area contributed by atoms with E-state index in [1.165, 1.54) is 12.1 Å². The van der Waals surface area contributed by atoms with E-state index in [1.54, 1.807) is 42.5 Å². The number of piperazine rings is 1. The predicted octanol–water partition coefficient (Wildman–Crippen LogP) is 5.78. The number of phenolic OH excluding ortho intramolecular Hbond substituents is 1. The van der Waals surface area contributed by atoms with Crippen LogP contribution in [0.25, 0.3) is 6.08 Å². The second-order valence-corrected chi connectivity index (χ2v) is 9.10. The van der Waals surface area contributed by atoms with Gasteiger partial charge in [-0.3, -0.25) is 9.69 Å². The van der Waals surface area contributed by atoms with E-state index in [4.69, 9.17) is 27.9 Å². The standard InChI is InChI=1S/C26H21Cl2FN2O3/c27-17-6-5-16(20(28)14-17)13-24-25(33)18-7-8-23(32)19(26(18)34-24)15-30-9-11-31(12-10-30)22-4-2-1-3-21(22)29/h1-8,13-14,32H,9-12,15H2/b24-13-. The van der Waals surface area contributed by atoms with Gasteiger partial charge in [0, 0.05) is 42.8 Å². The largest absolute Gasteiger partial charge is 0.507 e. The number of benzene rings is 3. The molecule has 8 heteroatoms. The number of aromatic hydroxyl groups is 1. The number of rotatable bonds is 4. The number of allylic oxidation sites excluding steroid dienone is 1. The number of carbonyl (C=O) groups is 1. The summed E-state index contributed by atoms with van der Waals surface area (Å²) in [6, 6.07) is 14.8. The maximum absolute atomic E-state index is 14.1. The number of hydrogen-bond donors (Lipinski definition) is 1. The van der Waals surface area contributed by atoms with Crippen LogP contribution in [0, 0.1) is 5.82 Å². The van der Waals surface area contributed by atoms with Crippen LogP contribution in [0.1, 0.15) is 21.5 Å². The third-order valence-electron chi connectivity index (χ3n) is 6.11. The van der Waals surface area contributed by atoms with Gasteiger partial charge >= 0.3 is 0 Å². The van der Waals surface area contributed by atoms with Gasteiger partial charge in [0.1, 0.15) is 17.3 Å². The van der Waals surface area contributed by atoms with Gasteiger partial charge in [0.2, 0.25) is 5.78 Å². The molecule has 0 atom stereocenters. The minimum atomic E-state index is -0.272. The van der Waals surface area contributed by atoms with Crippen molar-refractivity contribution in [1.82, 2.24) is 4.90 Å². The van der Waals surface area contributed by atoms with E-state index in [9.17, 15) is 14.3 Å². The lowest BCUT2D eigenvalue weighted by Crippen LogP contribution is -2.46. The van der Waals surface area contributed by atoms with Crippen molar-refractivity contribution in [2.24, 2.45) is 0 Å². The fraction of sp³-hybridized carbons (Fsp3) is 0.192. The highest BCUT2D eigenvalue weighted by Gasteiger charge is 2.32. The number of fused-ring (bicyclic) bond motifs is 1. The number of ether oxygens (including phenoxy) is 1. The van der Waals surface area contributed by atoms with Gasteiger partial charge in [-0.15, -0.1) is 0 Å². The van der Waals surface area contributed by atoms with Crippen LogP contribution in [0.2, 0.25) is 10.0 Å². The molecule has 0 unspecified atom stereocenters. The molecule has 0 amide bonds. The summed E-state index contributed by atoms with van der Waals surface area (Å²) in [5, 5.41) is 11.5. The smallest absolute Gasteiger partial charge is 0.231 e. The molecule has 0 aliphatic carbocycles. The highest BCUT2D eigenvalue weighted by molar-refractivity contribution is 6.35. The average Bonchev–Trinajstić information content (AvgIpc) is 3.14. The number of hydrogen-bond acceptors (Lipinski definition) is 5. The minimum Gasteiger partial charge on any atom is -0.507 e. The molecule has 2 heterocycles. The number of anilines is 1. The molecule has 3 aromatic carbocycles. The van der Waals surface area contributed by atoms with Gasteiger partial charge in [-0.25, -0.2) is 4.39 Å². The Labute approximate surface area is 206 Å². The second-order valence-electron chi connectivity index (χ2n) is 8.26. The fourth-order valence-corrected chi connectivity index (χ4v) is 4.75. The van der Waals surface area contributed by atoms with Crippen molar-refractivity contribution >= 4 is 40.7 Å². The molecule has 0 bridgehead atoms. The zero-order chi connectivity index (χ0) is 23.8. The first-order valence-electron chi connectivity index (χ1n) is 10.9. The third-order valence-corrected chi connectivity index (χ3v) is 6.67. The maximum Gasteiger partial charge on any atom is 0.231 e. The molecule has 5 rings (SSSR count). The molecule has 5 nitrogen and oxygen atoms in total. The topological polar surface area (TPSA) is 53.0 Å². The van der Waals surface area contributed by atoms with Crippen molar-refractivity contribution in [3.63, 3.8) is 0 Å². The number of halogens is 3. The third kappa shape index (κ3) is 4.37. The van der Waals surface area contributed by atoms with Crippen LogP contribution in [-0.2, 0) is 6.54 Å². The molecule has 1 N–H and O–H groups in total. The summed E-state index contributed by atoms with van der Waals surface area (Å²) in [5.41, 5.74) is 2.15. The van der Waals surface area contributed by atoms with E-state index in [-0.39, 0.29) is 23.1 Å². The number of nitrogens with zero attached hydrogens (tertiary/aromatic N) is 2. The van der Waals surface area contributed by atoms with Crippen molar-refractivity contribution in [2.45, 2.75) is 6.54 Å². The summed E-state index contributed by atoms with van der Waals surface area (Å²) in [4.78, 5) is 17.1. The molecule has 0 spiro atoms. The first-order valence-corrected chi connectivity index (χ1v) is 11.6. The molecule has 3 aromatic rings. The molecule has 1 fully saturated rings. The number of Topliss-reactive ketones (excluding diaryl/α,β-unsaturated/α-hetero) is 1. The summed E-state index contributed by atoms with van der Waals surface area (Å²) in [5.74, 6) is 0.0512. The Morgan fingerprint density at radius 3 is 2.53 bits per heavy atom. The van der Waals surface area contributed by atoms with Crippen molar-refractivity contribution in [3.05, 3.63) is 92.9 Å². The van der Waals surface area contributed by atoms with E-state index in [0.29, 0.717) is 70.9 Å². The van der Waals surface area contributed by atoms with Crippen LogP contribution in [0.3, 0.4) is 0 Å². The summed E-state index contributed by atoms with van der Waals surface area (Å²) in [6.45, 7) is 3.05. The Morgan fingerprint density at radius 2 is 1.79 bits per heavy atom. The van der Waals surface area contributed by atoms with Crippen LogP contribution < -0.4 is 9.64 Å². The van der Waals surface area contributed by atoms with Gasteiger partial charge in [0.15, 0.2) is 5.76 Å². The van der Waals surface area contributed by atoms with E-state index in [0.717, 1.165) is 0 Å². The highest BCUT2D eigenvalue weighted by atomic mass is 35.5. The SMILES string of the molecule is O=C1/C(=C/c2ccc(Cl)cc2Cl)Oc2c1ccc(O)c2CN1CCN(c2ccccc2F)CC1. The Hall–Kier alpha value is -3.06. The Kier molecular flexibility index (Phi) is 6.21. The van der Waals surface area contributed by atoms with Crippen LogP contribution in [0.5, 0.6) is 11.5 Å². The van der Waals surface area contributed by atoms with Gasteiger partial charge < -0.3 is 14.7 Å². The number of para-hydroxylation sites is 1. The zero-order valence-electron chi connectivity index (χ0n) is 18.1. The highest BCUT2D eigenvalue weighted by Crippen LogP contribution is 2.40. The minimum absolute atomic E-state index is 0.0638. The van der Waals surface area contributed by atoms with Gasteiger partial charge in [-0.1, -0.05) is 41.4 Å². The Balaban J connectivity index is 1.34. The summed E-state index contributed by atoms with van der Waals surface area (Å²) in [6.07, 6.45) is 1.58. The quantitative estimate of drug-likeness (QED) is 0.462. The van der Waals surface area contributed by atoms with E-state index >= 15 is 0 Å². The predicted molar refractivity (Wildman–Crippen MR) is 131 cm³/mol. The van der Waals surface area contributed by atoms with Gasteiger partial charge in [0.25, 0.3) is 0 Å². The first kappa shape index (κ1) is 22.7. The molecule has 2 aliphatic heterocycles. The summed E-state index contributed by atoms with van der Waals surface area (Å²) in [7, 11) is 0.